The lowest BCUT2D eigenvalue weighted by Crippen LogP contribution is -2.35. The van der Waals surface area contributed by atoms with Gasteiger partial charge in [-0.15, -0.1) is 11.3 Å². The number of anilines is 2. The van der Waals surface area contributed by atoms with Crippen LogP contribution in [-0.2, 0) is 9.84 Å². The fourth-order valence-electron chi connectivity index (χ4n) is 4.15. The van der Waals surface area contributed by atoms with E-state index in [1.54, 1.807) is 0 Å². The molecule has 1 saturated carbocycles. The number of hydrogen-bond donors (Lipinski definition) is 5. The third-order valence-corrected chi connectivity index (χ3v) is 8.02. The van der Waals surface area contributed by atoms with E-state index in [0.717, 1.165) is 15.2 Å². The number of nitrogens with one attached hydrogen (secondary N) is 2. The Morgan fingerprint density at radius 2 is 1.91 bits per heavy atom. The molecule has 2 heterocycles. The Morgan fingerprint density at radius 3 is 2.59 bits per heavy atom. The van der Waals surface area contributed by atoms with Gasteiger partial charge in [-0.25, -0.2) is 18.4 Å². The van der Waals surface area contributed by atoms with Gasteiger partial charge in [0.25, 0.3) is 0 Å². The van der Waals surface area contributed by atoms with Gasteiger partial charge in [0.2, 0.25) is 5.95 Å². The number of thiazole rings is 1. The fraction of sp³-hybridized carbons (Fsp3) is 0.500. The van der Waals surface area contributed by atoms with Crippen molar-refractivity contribution in [2.45, 2.75) is 38.0 Å². The van der Waals surface area contributed by atoms with Gasteiger partial charge in [-0.3, -0.25) is 0 Å². The van der Waals surface area contributed by atoms with E-state index < -0.39 is 34.0 Å². The molecule has 0 unspecified atom stereocenters. The minimum atomic E-state index is -3.06. The van der Waals surface area contributed by atoms with E-state index in [0.29, 0.717) is 42.4 Å². The number of fused-ring (bicyclic) bond motifs is 1. The molecule has 34 heavy (non-hydrogen) atoms. The van der Waals surface area contributed by atoms with Crippen LogP contribution in [0.15, 0.2) is 24.3 Å². The Hall–Kier alpha value is -2.38. The van der Waals surface area contributed by atoms with Crippen molar-refractivity contribution in [1.82, 2.24) is 15.0 Å². The number of aliphatic hydroxyl groups excluding tert-OH is 3. The SMILES string of the molecule is Cc1nc(NCCCS(C)(=O)=O)nc(N[C@@H]2C[C@H](CO)[C@@H](O)[C@H]2O)c1-c1nc2ccccc2s1. The minimum Gasteiger partial charge on any atom is -0.396 e. The molecule has 10 nitrogen and oxygen atoms in total. The van der Waals surface area contributed by atoms with Crippen molar-refractivity contribution in [3.63, 3.8) is 0 Å². The number of rotatable bonds is 9. The Kier molecular flexibility index (Phi) is 7.33. The normalized spacial score (nSPS) is 22.9. The zero-order valence-corrected chi connectivity index (χ0v) is 20.6. The molecule has 0 spiro atoms. The summed E-state index contributed by atoms with van der Waals surface area (Å²) in [6, 6.07) is 7.26. The minimum absolute atomic E-state index is 0.0581. The predicted octanol–water partition coefficient (Wildman–Crippen LogP) is 1.42. The van der Waals surface area contributed by atoms with Crippen LogP contribution in [0, 0.1) is 12.8 Å². The first kappa shape index (κ1) is 24.7. The van der Waals surface area contributed by atoms with E-state index in [-0.39, 0.29) is 12.4 Å². The summed E-state index contributed by atoms with van der Waals surface area (Å²) < 4.78 is 23.8. The second-order valence-electron chi connectivity index (χ2n) is 8.66. The molecule has 4 atom stereocenters. The standard InChI is InChI=1S/C22H29N5O5S2/c1-12-17(21-26-14-6-3-4-7-16(14)33-21)20(25-15-10-13(11-28)18(29)19(15)30)27-22(24-12)23-8-5-9-34(2,31)32/h3-4,6-7,13,15,18-19,28-30H,5,8-11H2,1-2H3,(H2,23,24,25,27)/t13-,15-,18-,19+/m1/s1. The lowest BCUT2D eigenvalue weighted by Gasteiger charge is -2.21. The molecule has 0 amide bonds. The first-order chi connectivity index (χ1) is 16.2. The lowest BCUT2D eigenvalue weighted by atomic mass is 10.1. The maximum atomic E-state index is 11.4. The molecule has 0 radical (unpaired) electrons. The van der Waals surface area contributed by atoms with Gasteiger partial charge in [-0.05, 0) is 31.9 Å². The molecule has 3 aromatic rings. The first-order valence-electron chi connectivity index (χ1n) is 11.1. The molecule has 12 heteroatoms. The number of nitrogens with zero attached hydrogens (tertiary/aromatic N) is 3. The molecule has 0 saturated heterocycles. The quantitative estimate of drug-likeness (QED) is 0.268. The van der Waals surface area contributed by atoms with E-state index in [4.69, 9.17) is 4.98 Å². The summed E-state index contributed by atoms with van der Waals surface area (Å²) in [5.74, 6) is 0.398. The van der Waals surface area contributed by atoms with Crippen molar-refractivity contribution in [2.75, 3.05) is 35.8 Å². The molecular formula is C22H29N5O5S2. The van der Waals surface area contributed by atoms with Gasteiger partial charge in [0, 0.05) is 25.3 Å². The van der Waals surface area contributed by atoms with Crippen molar-refractivity contribution < 1.29 is 23.7 Å². The van der Waals surface area contributed by atoms with Crippen LogP contribution in [0.3, 0.4) is 0 Å². The van der Waals surface area contributed by atoms with Crippen molar-refractivity contribution in [2.24, 2.45) is 5.92 Å². The number of sulfone groups is 1. The summed E-state index contributed by atoms with van der Waals surface area (Å²) in [6.07, 6.45) is -0.122. The summed E-state index contributed by atoms with van der Waals surface area (Å²) in [5, 5.41) is 37.4. The Morgan fingerprint density at radius 1 is 1.15 bits per heavy atom. The average molecular weight is 508 g/mol. The van der Waals surface area contributed by atoms with Crippen molar-refractivity contribution in [3.8, 4) is 10.6 Å². The van der Waals surface area contributed by atoms with Gasteiger partial charge in [0.1, 0.15) is 26.8 Å². The molecular weight excluding hydrogens is 478 g/mol. The maximum absolute atomic E-state index is 11.4. The number of aryl methyl sites for hydroxylation is 1. The summed E-state index contributed by atoms with van der Waals surface area (Å²) in [7, 11) is -3.06. The van der Waals surface area contributed by atoms with Gasteiger partial charge < -0.3 is 26.0 Å². The van der Waals surface area contributed by atoms with Gasteiger partial charge in [0.15, 0.2) is 0 Å². The zero-order valence-electron chi connectivity index (χ0n) is 19.0. The lowest BCUT2D eigenvalue weighted by molar-refractivity contribution is 0.00446. The van der Waals surface area contributed by atoms with Crippen LogP contribution in [-0.4, -0.2) is 82.1 Å². The highest BCUT2D eigenvalue weighted by Gasteiger charge is 2.41. The number of benzene rings is 1. The van der Waals surface area contributed by atoms with Gasteiger partial charge in [-0.1, -0.05) is 12.1 Å². The van der Waals surface area contributed by atoms with Crippen molar-refractivity contribution in [1.29, 1.82) is 0 Å². The topological polar surface area (TPSA) is 158 Å². The zero-order chi connectivity index (χ0) is 24.5. The van der Waals surface area contributed by atoms with Crippen molar-refractivity contribution in [3.05, 3.63) is 30.0 Å². The monoisotopic (exact) mass is 507 g/mol. The molecule has 184 valence electrons. The van der Waals surface area contributed by atoms with E-state index in [2.05, 4.69) is 20.6 Å². The summed E-state index contributed by atoms with van der Waals surface area (Å²) in [4.78, 5) is 13.9. The highest BCUT2D eigenvalue weighted by atomic mass is 32.2. The Balaban J connectivity index is 1.66. The van der Waals surface area contributed by atoms with Crippen LogP contribution >= 0.6 is 11.3 Å². The van der Waals surface area contributed by atoms with Crippen LogP contribution in [0.4, 0.5) is 11.8 Å². The molecule has 2 aromatic heterocycles. The maximum Gasteiger partial charge on any atom is 0.224 e. The van der Waals surface area contributed by atoms with Crippen LogP contribution in [0.25, 0.3) is 20.8 Å². The first-order valence-corrected chi connectivity index (χ1v) is 13.9. The van der Waals surface area contributed by atoms with Crippen molar-refractivity contribution >= 4 is 43.2 Å². The smallest absolute Gasteiger partial charge is 0.224 e. The van der Waals surface area contributed by atoms with E-state index in [9.17, 15) is 23.7 Å². The Bertz CT molecular complexity index is 1230. The summed E-state index contributed by atoms with van der Waals surface area (Å²) in [6.45, 7) is 1.99. The second-order valence-corrected chi connectivity index (χ2v) is 12.0. The summed E-state index contributed by atoms with van der Waals surface area (Å²) >= 11 is 1.50. The molecule has 1 fully saturated rings. The number of hydrogen-bond acceptors (Lipinski definition) is 11. The molecule has 1 aromatic carbocycles. The van der Waals surface area contributed by atoms with E-state index >= 15 is 0 Å². The molecule has 4 rings (SSSR count). The van der Waals surface area contributed by atoms with Crippen LogP contribution in [0.2, 0.25) is 0 Å². The van der Waals surface area contributed by atoms with Gasteiger partial charge >= 0.3 is 0 Å². The van der Waals surface area contributed by atoms with Gasteiger partial charge in [-0.2, -0.15) is 4.98 Å². The van der Waals surface area contributed by atoms with Crippen LogP contribution in [0.1, 0.15) is 18.5 Å². The molecule has 1 aliphatic carbocycles. The van der Waals surface area contributed by atoms with Crippen LogP contribution in [0.5, 0.6) is 0 Å². The number of aromatic nitrogens is 3. The molecule has 0 bridgehead atoms. The molecule has 1 aliphatic rings. The summed E-state index contributed by atoms with van der Waals surface area (Å²) in [5.41, 5.74) is 2.21. The van der Waals surface area contributed by atoms with Gasteiger partial charge in [0.05, 0.1) is 39.4 Å². The average Bonchev–Trinajstić information content (AvgIpc) is 3.32. The third kappa shape index (κ3) is 5.47. The second kappa shape index (κ2) is 10.1. The van der Waals surface area contributed by atoms with Crippen LogP contribution < -0.4 is 10.6 Å². The largest absolute Gasteiger partial charge is 0.396 e. The molecule has 0 aliphatic heterocycles. The highest BCUT2D eigenvalue weighted by molar-refractivity contribution is 7.90. The number of aliphatic hydroxyl groups is 3. The number of para-hydroxylation sites is 1. The Labute approximate surface area is 202 Å². The predicted molar refractivity (Wildman–Crippen MR) is 133 cm³/mol. The molecule has 5 N–H and O–H groups in total. The fourth-order valence-corrected chi connectivity index (χ4v) is 5.88. The third-order valence-electron chi connectivity index (χ3n) is 5.93. The van der Waals surface area contributed by atoms with E-state index in [1.165, 1.54) is 17.6 Å². The highest BCUT2D eigenvalue weighted by Crippen LogP contribution is 2.38. The van der Waals surface area contributed by atoms with E-state index in [1.807, 2.05) is 31.2 Å².